The molecule has 94 valence electrons. The number of ether oxygens (including phenoxy) is 1. The molecule has 0 aliphatic carbocycles. The maximum atomic E-state index is 13.8. The number of aromatic nitrogens is 1. The molecule has 2 rings (SSSR count). The van der Waals surface area contributed by atoms with Crippen LogP contribution in [0.1, 0.15) is 11.1 Å². The number of benzene rings is 1. The molecule has 5 heteroatoms. The van der Waals surface area contributed by atoms with Crippen molar-refractivity contribution in [2.45, 2.75) is 13.5 Å². The Morgan fingerprint density at radius 1 is 1.44 bits per heavy atom. The van der Waals surface area contributed by atoms with Gasteiger partial charge in [0, 0.05) is 16.2 Å². The van der Waals surface area contributed by atoms with Gasteiger partial charge in [-0.3, -0.25) is 0 Å². The van der Waals surface area contributed by atoms with Crippen LogP contribution < -0.4 is 4.74 Å². The predicted molar refractivity (Wildman–Crippen MR) is 69.1 cm³/mol. The van der Waals surface area contributed by atoms with E-state index in [-0.39, 0.29) is 18.2 Å². The Hall–Kier alpha value is -1.46. The smallest absolute Gasteiger partial charge is 0.224 e. The van der Waals surface area contributed by atoms with E-state index in [1.54, 1.807) is 25.1 Å². The molecule has 0 saturated carbocycles. The summed E-state index contributed by atoms with van der Waals surface area (Å²) in [4.78, 5) is 4.02. The van der Waals surface area contributed by atoms with Gasteiger partial charge in [0.15, 0.2) is 11.6 Å². The van der Waals surface area contributed by atoms with Crippen LogP contribution in [-0.2, 0) is 6.61 Å². The van der Waals surface area contributed by atoms with Crippen LogP contribution in [0.25, 0.3) is 0 Å². The molecule has 0 atom stereocenters. The second-order valence-corrected chi connectivity index (χ2v) is 4.68. The van der Waals surface area contributed by atoms with Gasteiger partial charge in [0.2, 0.25) is 5.88 Å². The van der Waals surface area contributed by atoms with E-state index in [1.807, 2.05) is 0 Å². The first-order chi connectivity index (χ1) is 8.61. The molecule has 18 heavy (non-hydrogen) atoms. The lowest BCUT2D eigenvalue weighted by molar-refractivity contribution is 0.274. The maximum absolute atomic E-state index is 13.8. The Morgan fingerprint density at radius 3 is 2.94 bits per heavy atom. The Morgan fingerprint density at radius 2 is 2.22 bits per heavy atom. The number of hydrogen-bond donors (Lipinski definition) is 1. The van der Waals surface area contributed by atoms with E-state index < -0.39 is 5.82 Å². The summed E-state index contributed by atoms with van der Waals surface area (Å²) in [6, 6.07) is 6.55. The van der Waals surface area contributed by atoms with Crippen molar-refractivity contribution in [2.75, 3.05) is 0 Å². The minimum atomic E-state index is -0.425. The highest BCUT2D eigenvalue weighted by Crippen LogP contribution is 2.28. The van der Waals surface area contributed by atoms with Crippen LogP contribution in [0.2, 0.25) is 0 Å². The SMILES string of the molecule is Cc1cccc(Oc2ncc(Br)cc2CO)c1F. The lowest BCUT2D eigenvalue weighted by Crippen LogP contribution is -1.97. The third-order valence-corrected chi connectivity index (χ3v) is 2.86. The summed E-state index contributed by atoms with van der Waals surface area (Å²) in [6.07, 6.45) is 1.53. The molecular formula is C13H11BrFNO2. The molecule has 1 heterocycles. The van der Waals surface area contributed by atoms with Crippen LogP contribution in [0.3, 0.4) is 0 Å². The molecular weight excluding hydrogens is 301 g/mol. The lowest BCUT2D eigenvalue weighted by atomic mass is 10.2. The highest BCUT2D eigenvalue weighted by Gasteiger charge is 2.11. The molecule has 1 aromatic heterocycles. The average molecular weight is 312 g/mol. The molecule has 2 aromatic rings. The van der Waals surface area contributed by atoms with Crippen molar-refractivity contribution < 1.29 is 14.2 Å². The number of rotatable bonds is 3. The maximum Gasteiger partial charge on any atom is 0.224 e. The Labute approximate surface area is 112 Å². The number of aliphatic hydroxyl groups is 1. The van der Waals surface area contributed by atoms with Crippen LogP contribution in [0, 0.1) is 12.7 Å². The normalized spacial score (nSPS) is 10.4. The minimum Gasteiger partial charge on any atom is -0.436 e. The van der Waals surface area contributed by atoms with Crippen molar-refractivity contribution in [3.05, 3.63) is 51.9 Å². The van der Waals surface area contributed by atoms with Crippen molar-refractivity contribution in [1.29, 1.82) is 0 Å². The van der Waals surface area contributed by atoms with Gasteiger partial charge in [0.05, 0.1) is 6.61 Å². The fourth-order valence-electron chi connectivity index (χ4n) is 1.48. The van der Waals surface area contributed by atoms with Gasteiger partial charge < -0.3 is 9.84 Å². The molecule has 0 aliphatic rings. The third kappa shape index (κ3) is 2.68. The van der Waals surface area contributed by atoms with Gasteiger partial charge in [-0.15, -0.1) is 0 Å². The van der Waals surface area contributed by atoms with E-state index in [1.165, 1.54) is 12.3 Å². The zero-order valence-corrected chi connectivity index (χ0v) is 11.2. The highest BCUT2D eigenvalue weighted by molar-refractivity contribution is 9.10. The number of hydrogen-bond acceptors (Lipinski definition) is 3. The molecule has 0 amide bonds. The van der Waals surface area contributed by atoms with E-state index in [0.29, 0.717) is 11.1 Å². The third-order valence-electron chi connectivity index (χ3n) is 2.43. The van der Waals surface area contributed by atoms with E-state index >= 15 is 0 Å². The summed E-state index contributed by atoms with van der Waals surface area (Å²) >= 11 is 3.25. The topological polar surface area (TPSA) is 42.4 Å². The summed E-state index contributed by atoms with van der Waals surface area (Å²) < 4.78 is 19.9. The second kappa shape index (κ2) is 5.46. The second-order valence-electron chi connectivity index (χ2n) is 3.77. The van der Waals surface area contributed by atoms with Gasteiger partial charge in [-0.25, -0.2) is 9.37 Å². The van der Waals surface area contributed by atoms with E-state index in [4.69, 9.17) is 4.74 Å². The molecule has 1 aromatic carbocycles. The van der Waals surface area contributed by atoms with E-state index in [2.05, 4.69) is 20.9 Å². The van der Waals surface area contributed by atoms with Gasteiger partial charge in [0.1, 0.15) is 0 Å². The van der Waals surface area contributed by atoms with Crippen LogP contribution in [0.5, 0.6) is 11.6 Å². The largest absolute Gasteiger partial charge is 0.436 e. The Bertz CT molecular complexity index is 575. The fourth-order valence-corrected chi connectivity index (χ4v) is 1.86. The summed E-state index contributed by atoms with van der Waals surface area (Å²) in [6.45, 7) is 1.43. The van der Waals surface area contributed by atoms with Crippen LogP contribution in [0.15, 0.2) is 34.9 Å². The molecule has 3 nitrogen and oxygen atoms in total. The van der Waals surface area contributed by atoms with Gasteiger partial charge in [-0.2, -0.15) is 0 Å². The number of pyridine rings is 1. The first kappa shape index (κ1) is 13.0. The number of halogens is 2. The molecule has 0 fully saturated rings. The molecule has 1 N–H and O–H groups in total. The van der Waals surface area contributed by atoms with Crippen LogP contribution in [-0.4, -0.2) is 10.1 Å². The molecule has 0 spiro atoms. The van der Waals surface area contributed by atoms with Gasteiger partial charge in [-0.1, -0.05) is 12.1 Å². The van der Waals surface area contributed by atoms with Crippen molar-refractivity contribution in [1.82, 2.24) is 4.98 Å². The van der Waals surface area contributed by atoms with Crippen LogP contribution >= 0.6 is 15.9 Å². The van der Waals surface area contributed by atoms with E-state index in [9.17, 15) is 9.50 Å². The molecule has 0 saturated heterocycles. The van der Waals surface area contributed by atoms with Crippen molar-refractivity contribution in [3.8, 4) is 11.6 Å². The summed E-state index contributed by atoms with van der Waals surface area (Å²) in [5, 5.41) is 9.21. The van der Waals surface area contributed by atoms with Crippen molar-refractivity contribution in [2.24, 2.45) is 0 Å². The van der Waals surface area contributed by atoms with Gasteiger partial charge >= 0.3 is 0 Å². The molecule has 0 bridgehead atoms. The van der Waals surface area contributed by atoms with Gasteiger partial charge in [0.25, 0.3) is 0 Å². The summed E-state index contributed by atoms with van der Waals surface area (Å²) in [5.41, 5.74) is 0.987. The predicted octanol–water partition coefficient (Wildman–Crippen LogP) is 3.58. The fraction of sp³-hybridized carbons (Fsp3) is 0.154. The molecule has 0 unspecified atom stereocenters. The lowest BCUT2D eigenvalue weighted by Gasteiger charge is -2.10. The average Bonchev–Trinajstić information content (AvgIpc) is 2.37. The quantitative estimate of drug-likeness (QED) is 0.942. The number of aryl methyl sites for hydroxylation is 1. The summed E-state index contributed by atoms with van der Waals surface area (Å²) in [5.74, 6) is -0.129. The van der Waals surface area contributed by atoms with Crippen molar-refractivity contribution in [3.63, 3.8) is 0 Å². The minimum absolute atomic E-state index is 0.0968. The first-order valence-electron chi connectivity index (χ1n) is 5.30. The summed E-state index contributed by atoms with van der Waals surface area (Å²) in [7, 11) is 0. The molecule has 0 aliphatic heterocycles. The van der Waals surface area contributed by atoms with E-state index in [0.717, 1.165) is 4.47 Å². The Balaban J connectivity index is 2.37. The standard InChI is InChI=1S/C13H11BrFNO2/c1-8-3-2-4-11(12(8)15)18-13-9(7-17)5-10(14)6-16-13/h2-6,17H,7H2,1H3. The Kier molecular flexibility index (Phi) is 3.93. The van der Waals surface area contributed by atoms with Crippen LogP contribution in [0.4, 0.5) is 4.39 Å². The van der Waals surface area contributed by atoms with Crippen molar-refractivity contribution >= 4 is 15.9 Å². The number of aliphatic hydroxyl groups excluding tert-OH is 1. The number of nitrogens with zero attached hydrogens (tertiary/aromatic N) is 1. The zero-order chi connectivity index (χ0) is 13.1. The first-order valence-corrected chi connectivity index (χ1v) is 6.09. The van der Waals surface area contributed by atoms with Gasteiger partial charge in [-0.05, 0) is 40.5 Å². The monoisotopic (exact) mass is 311 g/mol. The zero-order valence-electron chi connectivity index (χ0n) is 9.65. The highest BCUT2D eigenvalue weighted by atomic mass is 79.9. The molecule has 0 radical (unpaired) electrons.